The number of amides is 1. The van der Waals surface area contributed by atoms with Crippen LogP contribution in [0.2, 0.25) is 10.0 Å². The normalized spacial score (nSPS) is 21.1. The van der Waals surface area contributed by atoms with Crippen molar-refractivity contribution >= 4 is 40.7 Å². The van der Waals surface area contributed by atoms with Crippen LogP contribution in [-0.2, 0) is 16.0 Å². The highest BCUT2D eigenvalue weighted by atomic mass is 35.5. The Labute approximate surface area is 203 Å². The van der Waals surface area contributed by atoms with Gasteiger partial charge in [-0.25, -0.2) is 9.86 Å². The number of hydroxylamine groups is 2. The van der Waals surface area contributed by atoms with Crippen LogP contribution in [-0.4, -0.2) is 61.6 Å². The minimum Gasteiger partial charge on any atom is -0.479 e. The van der Waals surface area contributed by atoms with Crippen molar-refractivity contribution in [3.63, 3.8) is 0 Å². The molecule has 10 nitrogen and oxygen atoms in total. The average molecular weight is 523 g/mol. The number of aryl methyl sites for hydroxylation is 1. The molecule has 1 aliphatic rings. The molecule has 4 atom stereocenters. The summed E-state index contributed by atoms with van der Waals surface area (Å²) in [5.41, 5.74) is -0.971. The second-order valence-electron chi connectivity index (χ2n) is 7.45. The zero-order valence-corrected chi connectivity index (χ0v) is 19.7. The fraction of sp³-hybridized carbons (Fsp3) is 0.450. The molecule has 1 fully saturated rings. The largest absolute Gasteiger partial charge is 0.479 e. The number of nitrogens with one attached hydrogen (secondary N) is 1. The van der Waals surface area contributed by atoms with Crippen molar-refractivity contribution < 1.29 is 24.6 Å². The topological polar surface area (TPSA) is 134 Å². The summed E-state index contributed by atoms with van der Waals surface area (Å²) in [6.07, 6.45) is -2.52. The van der Waals surface area contributed by atoms with Crippen molar-refractivity contribution in [3.8, 4) is 5.75 Å². The maximum absolute atomic E-state index is 12.5. The first kappa shape index (κ1) is 25.5. The highest BCUT2D eigenvalue weighted by Crippen LogP contribution is 2.30. The number of carbonyl (C=O) groups excluding carboxylic acids is 1. The summed E-state index contributed by atoms with van der Waals surface area (Å²) >= 11 is 17.6. The maximum atomic E-state index is 12.5. The van der Waals surface area contributed by atoms with Gasteiger partial charge in [0.15, 0.2) is 6.10 Å². The Bertz CT molecular complexity index is 1120. The van der Waals surface area contributed by atoms with E-state index in [-0.39, 0.29) is 41.6 Å². The molecule has 0 spiro atoms. The standard InChI is InChI=1S/C20H22Cl3N3O7/c1-10(32-15-3-2-12(22)6-13(15)23)19(29)26(31)9-16-14(27)7-17(33-16)25-8-11(4-5-21)18(28)24-20(25)30/h2-3,6,8,10,14,16-17,27,31H,4-5,7,9H2,1H3,(H,24,28,30)/t10?,14?,16-,17-/m0/s1. The number of hydrogen-bond acceptors (Lipinski definition) is 7. The number of alkyl halides is 1. The van der Waals surface area contributed by atoms with E-state index in [1.54, 1.807) is 0 Å². The zero-order chi connectivity index (χ0) is 24.3. The van der Waals surface area contributed by atoms with Crippen LogP contribution in [0.5, 0.6) is 5.75 Å². The number of H-pyrrole nitrogens is 1. The minimum absolute atomic E-state index is 0.00536. The lowest BCUT2D eigenvalue weighted by Gasteiger charge is -2.24. The second kappa shape index (κ2) is 10.9. The summed E-state index contributed by atoms with van der Waals surface area (Å²) in [5, 5.41) is 21.6. The number of nitrogens with zero attached hydrogens (tertiary/aromatic N) is 2. The molecular formula is C20H22Cl3N3O7. The molecule has 1 saturated heterocycles. The summed E-state index contributed by atoms with van der Waals surface area (Å²) in [7, 11) is 0. The van der Waals surface area contributed by atoms with E-state index in [9.17, 15) is 24.7 Å². The first-order chi connectivity index (χ1) is 15.6. The van der Waals surface area contributed by atoms with Gasteiger partial charge in [0.1, 0.15) is 18.1 Å². The molecule has 1 amide bonds. The number of rotatable bonds is 8. The van der Waals surface area contributed by atoms with Gasteiger partial charge in [-0.3, -0.25) is 24.3 Å². The van der Waals surface area contributed by atoms with Crippen LogP contribution < -0.4 is 16.0 Å². The minimum atomic E-state index is -1.11. The molecule has 2 unspecified atom stereocenters. The Morgan fingerprint density at radius 1 is 1.39 bits per heavy atom. The Hall–Kier alpha value is -2.08. The molecule has 33 heavy (non-hydrogen) atoms. The van der Waals surface area contributed by atoms with Crippen LogP contribution in [0.3, 0.4) is 0 Å². The third-order valence-electron chi connectivity index (χ3n) is 5.07. The van der Waals surface area contributed by atoms with Gasteiger partial charge in [0.2, 0.25) is 0 Å². The lowest BCUT2D eigenvalue weighted by molar-refractivity contribution is -0.182. The van der Waals surface area contributed by atoms with Gasteiger partial charge >= 0.3 is 5.69 Å². The molecule has 13 heteroatoms. The molecule has 0 saturated carbocycles. The van der Waals surface area contributed by atoms with Crippen LogP contribution in [0.25, 0.3) is 0 Å². The number of benzene rings is 1. The molecule has 1 aliphatic heterocycles. The van der Waals surface area contributed by atoms with E-state index >= 15 is 0 Å². The van der Waals surface area contributed by atoms with Crippen molar-refractivity contribution in [3.05, 3.63) is 60.8 Å². The molecule has 0 radical (unpaired) electrons. The van der Waals surface area contributed by atoms with Gasteiger partial charge in [-0.05, 0) is 31.5 Å². The third kappa shape index (κ3) is 6.08. The van der Waals surface area contributed by atoms with Crippen LogP contribution in [0.4, 0.5) is 0 Å². The smallest absolute Gasteiger partial charge is 0.330 e. The van der Waals surface area contributed by atoms with Gasteiger partial charge in [0.05, 0.1) is 17.7 Å². The number of carbonyl (C=O) groups is 1. The molecule has 180 valence electrons. The molecular weight excluding hydrogens is 501 g/mol. The number of hydrogen-bond donors (Lipinski definition) is 3. The highest BCUT2D eigenvalue weighted by molar-refractivity contribution is 6.35. The van der Waals surface area contributed by atoms with Crippen LogP contribution in [0, 0.1) is 0 Å². The van der Waals surface area contributed by atoms with E-state index in [2.05, 4.69) is 4.98 Å². The first-order valence-electron chi connectivity index (χ1n) is 9.96. The van der Waals surface area contributed by atoms with Gasteiger partial charge in [0, 0.05) is 29.1 Å². The van der Waals surface area contributed by atoms with Gasteiger partial charge in [0.25, 0.3) is 11.5 Å². The maximum Gasteiger partial charge on any atom is 0.330 e. The Morgan fingerprint density at radius 3 is 2.79 bits per heavy atom. The van der Waals surface area contributed by atoms with Crippen LogP contribution >= 0.6 is 34.8 Å². The zero-order valence-electron chi connectivity index (χ0n) is 17.4. The lowest BCUT2D eigenvalue weighted by atomic mass is 10.1. The quantitative estimate of drug-likeness (QED) is 0.274. The van der Waals surface area contributed by atoms with E-state index in [1.165, 1.54) is 31.3 Å². The molecule has 0 bridgehead atoms. The van der Waals surface area contributed by atoms with Crippen molar-refractivity contribution in [1.29, 1.82) is 0 Å². The lowest BCUT2D eigenvalue weighted by Crippen LogP contribution is -2.44. The highest BCUT2D eigenvalue weighted by Gasteiger charge is 2.38. The fourth-order valence-corrected chi connectivity index (χ4v) is 4.01. The van der Waals surface area contributed by atoms with Gasteiger partial charge in [-0.1, -0.05) is 23.2 Å². The molecule has 3 N–H and O–H groups in total. The van der Waals surface area contributed by atoms with Gasteiger partial charge in [-0.2, -0.15) is 0 Å². The fourth-order valence-electron chi connectivity index (χ4n) is 3.35. The van der Waals surface area contributed by atoms with Crippen molar-refractivity contribution in [1.82, 2.24) is 14.6 Å². The van der Waals surface area contributed by atoms with E-state index < -0.39 is 41.7 Å². The molecule has 3 rings (SSSR count). The SMILES string of the molecule is CC(Oc1ccc(Cl)cc1Cl)C(=O)N(O)C[C@@H]1O[C@H](n2cc(CCCl)c(=O)[nH]c2=O)CC1O. The second-order valence-corrected chi connectivity index (χ2v) is 8.67. The summed E-state index contributed by atoms with van der Waals surface area (Å²) in [6, 6.07) is 4.48. The summed E-state index contributed by atoms with van der Waals surface area (Å²) in [4.78, 5) is 38.8. The van der Waals surface area contributed by atoms with E-state index in [0.29, 0.717) is 10.1 Å². The average Bonchev–Trinajstić information content (AvgIpc) is 3.11. The number of aliphatic hydroxyl groups excluding tert-OH is 1. The molecule has 2 heterocycles. The summed E-state index contributed by atoms with van der Waals surface area (Å²) in [5.74, 6) is -0.412. The van der Waals surface area contributed by atoms with Gasteiger partial charge in [-0.15, -0.1) is 11.6 Å². The Kier molecular flexibility index (Phi) is 8.43. The van der Waals surface area contributed by atoms with Crippen molar-refractivity contribution in [2.24, 2.45) is 0 Å². The predicted octanol–water partition coefficient (Wildman–Crippen LogP) is 1.96. The summed E-state index contributed by atoms with van der Waals surface area (Å²) in [6.45, 7) is 1.04. The van der Waals surface area contributed by atoms with Gasteiger partial charge < -0.3 is 14.6 Å². The third-order valence-corrected chi connectivity index (χ3v) is 5.79. The predicted molar refractivity (Wildman–Crippen MR) is 120 cm³/mol. The number of aliphatic hydroxyl groups is 1. The van der Waals surface area contributed by atoms with Crippen LogP contribution in [0.15, 0.2) is 34.0 Å². The first-order valence-corrected chi connectivity index (χ1v) is 11.3. The van der Waals surface area contributed by atoms with Crippen molar-refractivity contribution in [2.45, 2.75) is 44.3 Å². The molecule has 2 aromatic rings. The number of aromatic nitrogens is 2. The summed E-state index contributed by atoms with van der Waals surface area (Å²) < 4.78 is 12.3. The monoisotopic (exact) mass is 521 g/mol. The molecule has 1 aromatic carbocycles. The Morgan fingerprint density at radius 2 is 2.12 bits per heavy atom. The number of aromatic amines is 1. The Balaban J connectivity index is 1.65. The molecule has 1 aromatic heterocycles. The number of ether oxygens (including phenoxy) is 2. The van der Waals surface area contributed by atoms with Crippen molar-refractivity contribution in [2.75, 3.05) is 12.4 Å². The van der Waals surface area contributed by atoms with Crippen LogP contribution in [0.1, 0.15) is 25.1 Å². The number of halogens is 3. The van der Waals surface area contributed by atoms with E-state index in [4.69, 9.17) is 44.3 Å². The van der Waals surface area contributed by atoms with E-state index in [0.717, 1.165) is 4.57 Å². The van der Waals surface area contributed by atoms with E-state index in [1.807, 2.05) is 0 Å². The molecule has 0 aliphatic carbocycles.